The van der Waals surface area contributed by atoms with Gasteiger partial charge in [-0.15, -0.1) is 0 Å². The topological polar surface area (TPSA) is 95.0 Å². The molecule has 2 saturated heterocycles. The second-order valence-corrected chi connectivity index (χ2v) is 10.2. The van der Waals surface area contributed by atoms with Crippen LogP contribution in [0.1, 0.15) is 10.4 Å². The number of carbonyl (C=O) groups is 2. The second-order valence-electron chi connectivity index (χ2n) is 10.2. The van der Waals surface area contributed by atoms with Crippen molar-refractivity contribution in [3.8, 4) is 5.69 Å². The van der Waals surface area contributed by atoms with Gasteiger partial charge >= 0.3 is 6.03 Å². The highest BCUT2D eigenvalue weighted by molar-refractivity contribution is 6.05. The van der Waals surface area contributed by atoms with Gasteiger partial charge in [0.05, 0.1) is 30.6 Å². The fraction of sp³-hybridized carbons (Fsp3) is 0.300. The predicted molar refractivity (Wildman–Crippen MR) is 157 cm³/mol. The van der Waals surface area contributed by atoms with E-state index in [1.165, 1.54) is 0 Å². The SMILES string of the molecule is CN1CCN(C(=O)Nc2ccc(-n3ncc4cc(NC(=O)c5ccc(N6CCOCC6)cc5)ccc43)cc2)CC1. The van der Waals surface area contributed by atoms with Crippen molar-refractivity contribution in [3.05, 3.63) is 78.5 Å². The highest BCUT2D eigenvalue weighted by atomic mass is 16.5. The van der Waals surface area contributed by atoms with Crippen LogP contribution < -0.4 is 15.5 Å². The molecule has 3 aromatic carbocycles. The maximum Gasteiger partial charge on any atom is 0.321 e. The molecule has 0 aliphatic carbocycles. The minimum absolute atomic E-state index is 0.0759. The Kier molecular flexibility index (Phi) is 7.35. The highest BCUT2D eigenvalue weighted by Crippen LogP contribution is 2.24. The van der Waals surface area contributed by atoms with E-state index in [1.807, 2.05) is 76.3 Å². The fourth-order valence-electron chi connectivity index (χ4n) is 5.06. The number of nitrogens with zero attached hydrogens (tertiary/aromatic N) is 5. The Hall–Kier alpha value is -4.41. The number of fused-ring (bicyclic) bond motifs is 1. The van der Waals surface area contributed by atoms with Crippen LogP contribution in [0.4, 0.5) is 21.9 Å². The molecular weight excluding hydrogens is 506 g/mol. The summed E-state index contributed by atoms with van der Waals surface area (Å²) in [6, 6.07) is 21.0. The number of aromatic nitrogens is 2. The normalized spacial score (nSPS) is 16.2. The lowest BCUT2D eigenvalue weighted by Gasteiger charge is -2.32. The predicted octanol–water partition coefficient (Wildman–Crippen LogP) is 3.89. The number of anilines is 3. The van der Waals surface area contributed by atoms with Gasteiger partial charge in [0.15, 0.2) is 0 Å². The van der Waals surface area contributed by atoms with Crippen molar-refractivity contribution in [2.75, 3.05) is 75.1 Å². The molecule has 10 nitrogen and oxygen atoms in total. The molecule has 3 amide bonds. The lowest BCUT2D eigenvalue weighted by Crippen LogP contribution is -2.48. The lowest BCUT2D eigenvalue weighted by atomic mass is 10.1. The first-order chi connectivity index (χ1) is 19.5. The van der Waals surface area contributed by atoms with Crippen molar-refractivity contribution < 1.29 is 14.3 Å². The maximum atomic E-state index is 12.9. The van der Waals surface area contributed by atoms with Crippen LogP contribution in [0, 0.1) is 0 Å². The van der Waals surface area contributed by atoms with Gasteiger partial charge in [0.2, 0.25) is 0 Å². The van der Waals surface area contributed by atoms with E-state index in [9.17, 15) is 9.59 Å². The van der Waals surface area contributed by atoms with Crippen LogP contribution in [0.2, 0.25) is 0 Å². The van der Waals surface area contributed by atoms with Gasteiger partial charge in [-0.1, -0.05) is 0 Å². The number of amides is 3. The number of morpholine rings is 1. The molecule has 0 atom stereocenters. The largest absolute Gasteiger partial charge is 0.378 e. The smallest absolute Gasteiger partial charge is 0.321 e. The average molecular weight is 540 g/mol. The second kappa shape index (κ2) is 11.4. The first-order valence-electron chi connectivity index (χ1n) is 13.6. The Morgan fingerprint density at radius 3 is 2.17 bits per heavy atom. The molecule has 2 aliphatic heterocycles. The number of nitrogens with one attached hydrogen (secondary N) is 2. The lowest BCUT2D eigenvalue weighted by molar-refractivity contribution is 0.102. The molecule has 0 bridgehead atoms. The Morgan fingerprint density at radius 1 is 0.775 bits per heavy atom. The molecule has 0 spiro atoms. The van der Waals surface area contributed by atoms with Crippen molar-refractivity contribution in [2.45, 2.75) is 0 Å². The van der Waals surface area contributed by atoms with Crippen LogP contribution in [0.25, 0.3) is 16.6 Å². The van der Waals surface area contributed by atoms with Gasteiger partial charge in [-0.2, -0.15) is 5.10 Å². The fourth-order valence-corrected chi connectivity index (χ4v) is 5.06. The Bertz CT molecular complexity index is 1490. The third-order valence-electron chi connectivity index (χ3n) is 7.49. The third-order valence-corrected chi connectivity index (χ3v) is 7.49. The average Bonchev–Trinajstić information content (AvgIpc) is 3.42. The molecule has 2 N–H and O–H groups in total. The summed E-state index contributed by atoms with van der Waals surface area (Å²) >= 11 is 0. The van der Waals surface area contributed by atoms with Gasteiger partial charge in [0.25, 0.3) is 5.91 Å². The summed E-state index contributed by atoms with van der Waals surface area (Å²) in [6.07, 6.45) is 1.78. The first-order valence-corrected chi connectivity index (χ1v) is 13.6. The Labute approximate surface area is 233 Å². The number of hydrogen-bond donors (Lipinski definition) is 2. The molecule has 4 aromatic rings. The van der Waals surface area contributed by atoms with Gasteiger partial charge < -0.3 is 30.1 Å². The summed E-state index contributed by atoms with van der Waals surface area (Å²) in [5.41, 5.74) is 4.95. The highest BCUT2D eigenvalue weighted by Gasteiger charge is 2.19. The van der Waals surface area contributed by atoms with Crippen LogP contribution in [0.15, 0.2) is 72.9 Å². The zero-order valence-corrected chi connectivity index (χ0v) is 22.5. The van der Waals surface area contributed by atoms with Gasteiger partial charge in [-0.25, -0.2) is 9.48 Å². The van der Waals surface area contributed by atoms with E-state index in [0.29, 0.717) is 11.3 Å². The number of hydrogen-bond acceptors (Lipinski definition) is 6. The van der Waals surface area contributed by atoms with E-state index in [2.05, 4.69) is 32.6 Å². The molecule has 10 heteroatoms. The Morgan fingerprint density at radius 2 is 1.45 bits per heavy atom. The molecule has 40 heavy (non-hydrogen) atoms. The summed E-state index contributed by atoms with van der Waals surface area (Å²) in [5, 5.41) is 11.5. The van der Waals surface area contributed by atoms with Crippen molar-refractivity contribution in [1.82, 2.24) is 19.6 Å². The van der Waals surface area contributed by atoms with Crippen LogP contribution in [0.3, 0.4) is 0 Å². The van der Waals surface area contributed by atoms with E-state index in [1.54, 1.807) is 6.20 Å². The number of likely N-dealkylation sites (N-methyl/N-ethyl adjacent to an activating group) is 1. The van der Waals surface area contributed by atoms with E-state index < -0.39 is 0 Å². The molecule has 6 rings (SSSR count). The van der Waals surface area contributed by atoms with Gasteiger partial charge in [-0.3, -0.25) is 4.79 Å². The van der Waals surface area contributed by atoms with Crippen LogP contribution in [-0.2, 0) is 4.74 Å². The van der Waals surface area contributed by atoms with E-state index in [0.717, 1.165) is 80.4 Å². The standard InChI is InChI=1S/C30H33N7O3/c1-34-12-14-36(15-13-34)30(39)33-24-4-9-27(10-5-24)37-28-11-6-25(20-23(28)21-31-37)32-29(38)22-2-7-26(8-3-22)35-16-18-40-19-17-35/h2-11,20-21H,12-19H2,1H3,(H,32,38)(H,33,39). The van der Waals surface area contributed by atoms with Gasteiger partial charge in [0.1, 0.15) is 0 Å². The zero-order valence-electron chi connectivity index (χ0n) is 22.5. The molecular formula is C30H33N7O3. The molecule has 206 valence electrons. The van der Waals surface area contributed by atoms with Crippen LogP contribution >= 0.6 is 0 Å². The Balaban J connectivity index is 1.10. The van der Waals surface area contributed by atoms with Crippen molar-refractivity contribution >= 4 is 39.9 Å². The summed E-state index contributed by atoms with van der Waals surface area (Å²) < 4.78 is 7.26. The van der Waals surface area contributed by atoms with E-state index in [4.69, 9.17) is 4.74 Å². The number of ether oxygens (including phenoxy) is 1. The molecule has 2 fully saturated rings. The minimum Gasteiger partial charge on any atom is -0.378 e. The van der Waals surface area contributed by atoms with Gasteiger partial charge in [-0.05, 0) is 73.8 Å². The molecule has 0 unspecified atom stereocenters. The molecule has 1 aromatic heterocycles. The van der Waals surface area contributed by atoms with Crippen LogP contribution in [0.5, 0.6) is 0 Å². The molecule has 0 saturated carbocycles. The quantitative estimate of drug-likeness (QED) is 0.400. The number of carbonyl (C=O) groups excluding carboxylic acids is 2. The minimum atomic E-state index is -0.158. The molecule has 2 aliphatic rings. The van der Waals surface area contributed by atoms with E-state index in [-0.39, 0.29) is 11.9 Å². The zero-order chi connectivity index (χ0) is 27.5. The van der Waals surface area contributed by atoms with Crippen molar-refractivity contribution in [2.24, 2.45) is 0 Å². The van der Waals surface area contributed by atoms with E-state index >= 15 is 0 Å². The monoisotopic (exact) mass is 539 g/mol. The first kappa shape index (κ1) is 25.8. The van der Waals surface area contributed by atoms with Crippen molar-refractivity contribution in [1.29, 1.82) is 0 Å². The number of rotatable bonds is 5. The maximum absolute atomic E-state index is 12.9. The number of urea groups is 1. The van der Waals surface area contributed by atoms with Gasteiger partial charge in [0, 0.05) is 67.3 Å². The molecule has 3 heterocycles. The summed E-state index contributed by atoms with van der Waals surface area (Å²) in [6.45, 7) is 6.38. The third kappa shape index (κ3) is 5.63. The number of piperazine rings is 1. The summed E-state index contributed by atoms with van der Waals surface area (Å²) in [4.78, 5) is 31.8. The van der Waals surface area contributed by atoms with Crippen LogP contribution in [-0.4, -0.2) is 91.0 Å². The van der Waals surface area contributed by atoms with Crippen molar-refractivity contribution in [3.63, 3.8) is 0 Å². The summed E-state index contributed by atoms with van der Waals surface area (Å²) in [7, 11) is 2.07. The molecule has 0 radical (unpaired) electrons. The summed E-state index contributed by atoms with van der Waals surface area (Å²) in [5.74, 6) is -0.158. The number of benzene rings is 3.